The molecule has 3 N–H and O–H groups in total. The van der Waals surface area contributed by atoms with E-state index >= 15 is 0 Å². The van der Waals surface area contributed by atoms with Gasteiger partial charge in [0.2, 0.25) is 5.91 Å². The predicted octanol–water partition coefficient (Wildman–Crippen LogP) is 0.964. The molecule has 2 atom stereocenters. The van der Waals surface area contributed by atoms with Crippen LogP contribution in [0.25, 0.3) is 0 Å². The first-order chi connectivity index (χ1) is 10.6. The molecule has 0 saturated carbocycles. The maximum Gasteiger partial charge on any atom is 0.315 e. The van der Waals surface area contributed by atoms with Crippen LogP contribution in [-0.2, 0) is 4.79 Å². The molecule has 7 heteroatoms. The summed E-state index contributed by atoms with van der Waals surface area (Å²) in [4.78, 5) is 25.3. The van der Waals surface area contributed by atoms with Crippen LogP contribution < -0.4 is 20.9 Å². The summed E-state index contributed by atoms with van der Waals surface area (Å²) < 4.78 is 0. The molecular weight excluding hydrogens is 304 g/mol. The maximum absolute atomic E-state index is 11.9. The van der Waals surface area contributed by atoms with Gasteiger partial charge in [0.1, 0.15) is 6.04 Å². The molecule has 2 fully saturated rings. The van der Waals surface area contributed by atoms with Crippen LogP contribution in [0.15, 0.2) is 24.3 Å². The summed E-state index contributed by atoms with van der Waals surface area (Å²) in [5, 5.41) is 8.83. The largest absolute Gasteiger partial charge is 0.371 e. The molecule has 2 aliphatic heterocycles. The molecule has 0 spiro atoms. The van der Waals surface area contributed by atoms with Crippen molar-refractivity contribution >= 4 is 29.2 Å². The number of halogens is 1. The molecule has 3 rings (SSSR count). The van der Waals surface area contributed by atoms with E-state index in [1.807, 2.05) is 24.3 Å². The van der Waals surface area contributed by atoms with Crippen molar-refractivity contribution in [2.24, 2.45) is 5.92 Å². The van der Waals surface area contributed by atoms with Crippen LogP contribution in [0.4, 0.5) is 10.5 Å². The number of anilines is 1. The van der Waals surface area contributed by atoms with Gasteiger partial charge in [0, 0.05) is 36.9 Å². The Labute approximate surface area is 134 Å². The van der Waals surface area contributed by atoms with Gasteiger partial charge in [-0.25, -0.2) is 4.79 Å². The number of nitrogens with zero attached hydrogens (tertiary/aromatic N) is 1. The number of urea groups is 1. The van der Waals surface area contributed by atoms with Crippen molar-refractivity contribution in [1.82, 2.24) is 16.0 Å². The van der Waals surface area contributed by atoms with Gasteiger partial charge < -0.3 is 20.9 Å². The van der Waals surface area contributed by atoms with Gasteiger partial charge in [-0.15, -0.1) is 0 Å². The number of carbonyl (C=O) groups excluding carboxylic acids is 2. The highest BCUT2D eigenvalue weighted by atomic mass is 35.5. The van der Waals surface area contributed by atoms with Crippen LogP contribution in [-0.4, -0.2) is 44.2 Å². The SMILES string of the molecule is O=C1NC[C@@H](C(=O)NC[C@H]2CCN(c3ccc(Cl)cc3)C2)N1. The molecule has 22 heavy (non-hydrogen) atoms. The van der Waals surface area contributed by atoms with Crippen molar-refractivity contribution in [1.29, 1.82) is 0 Å². The maximum atomic E-state index is 11.9. The van der Waals surface area contributed by atoms with E-state index in [4.69, 9.17) is 11.6 Å². The highest BCUT2D eigenvalue weighted by Crippen LogP contribution is 2.24. The van der Waals surface area contributed by atoms with Gasteiger partial charge in [-0.05, 0) is 36.6 Å². The molecule has 1 aromatic carbocycles. The van der Waals surface area contributed by atoms with E-state index in [2.05, 4.69) is 20.9 Å². The minimum absolute atomic E-state index is 0.122. The van der Waals surface area contributed by atoms with Gasteiger partial charge in [0.15, 0.2) is 0 Å². The molecule has 2 aliphatic rings. The molecule has 2 saturated heterocycles. The molecule has 2 heterocycles. The Morgan fingerprint density at radius 2 is 2.14 bits per heavy atom. The summed E-state index contributed by atoms with van der Waals surface area (Å²) in [5.74, 6) is 0.299. The molecule has 0 aromatic heterocycles. The molecule has 6 nitrogen and oxygen atoms in total. The Morgan fingerprint density at radius 1 is 1.36 bits per heavy atom. The van der Waals surface area contributed by atoms with Gasteiger partial charge in [-0.2, -0.15) is 0 Å². The second-order valence-electron chi connectivity index (χ2n) is 5.73. The van der Waals surface area contributed by atoms with Crippen molar-refractivity contribution in [3.8, 4) is 0 Å². The van der Waals surface area contributed by atoms with Crippen molar-refractivity contribution < 1.29 is 9.59 Å². The van der Waals surface area contributed by atoms with Gasteiger partial charge in [0.25, 0.3) is 0 Å². The molecule has 0 radical (unpaired) electrons. The van der Waals surface area contributed by atoms with E-state index in [0.29, 0.717) is 19.0 Å². The lowest BCUT2D eigenvalue weighted by molar-refractivity contribution is -0.122. The van der Waals surface area contributed by atoms with Crippen LogP contribution in [0, 0.1) is 5.92 Å². The van der Waals surface area contributed by atoms with E-state index in [0.717, 1.165) is 30.2 Å². The molecule has 0 aliphatic carbocycles. The van der Waals surface area contributed by atoms with Gasteiger partial charge >= 0.3 is 6.03 Å². The summed E-state index contributed by atoms with van der Waals surface area (Å²) in [7, 11) is 0. The first-order valence-electron chi connectivity index (χ1n) is 7.44. The Hall–Kier alpha value is -1.95. The Balaban J connectivity index is 1.46. The lowest BCUT2D eigenvalue weighted by Gasteiger charge is -2.19. The first-order valence-corrected chi connectivity index (χ1v) is 7.82. The molecule has 0 bridgehead atoms. The lowest BCUT2D eigenvalue weighted by Crippen LogP contribution is -2.44. The zero-order chi connectivity index (χ0) is 15.5. The smallest absolute Gasteiger partial charge is 0.315 e. The number of carbonyl (C=O) groups is 2. The van der Waals surface area contributed by atoms with Gasteiger partial charge in [-0.3, -0.25) is 4.79 Å². The summed E-state index contributed by atoms with van der Waals surface area (Å²) >= 11 is 5.90. The summed E-state index contributed by atoms with van der Waals surface area (Å²) in [6.45, 7) is 2.88. The van der Waals surface area contributed by atoms with Crippen molar-refractivity contribution in [2.75, 3.05) is 31.1 Å². The van der Waals surface area contributed by atoms with Crippen LogP contribution in [0.1, 0.15) is 6.42 Å². The Morgan fingerprint density at radius 3 is 2.82 bits per heavy atom. The highest BCUT2D eigenvalue weighted by Gasteiger charge is 2.28. The Bertz CT molecular complexity index is 563. The van der Waals surface area contributed by atoms with Crippen molar-refractivity contribution in [2.45, 2.75) is 12.5 Å². The fourth-order valence-electron chi connectivity index (χ4n) is 2.87. The third-order valence-corrected chi connectivity index (χ3v) is 4.38. The number of benzene rings is 1. The van der Waals surface area contributed by atoms with E-state index in [9.17, 15) is 9.59 Å². The fourth-order valence-corrected chi connectivity index (χ4v) is 2.99. The molecule has 1 aromatic rings. The first kappa shape index (κ1) is 15.0. The second-order valence-corrected chi connectivity index (χ2v) is 6.17. The van der Waals surface area contributed by atoms with E-state index in [-0.39, 0.29) is 11.9 Å². The number of nitrogens with one attached hydrogen (secondary N) is 3. The summed E-state index contributed by atoms with van der Waals surface area (Å²) in [6, 6.07) is 7.08. The van der Waals surface area contributed by atoms with E-state index < -0.39 is 6.04 Å². The second kappa shape index (κ2) is 6.44. The van der Waals surface area contributed by atoms with E-state index in [1.165, 1.54) is 0 Å². The topological polar surface area (TPSA) is 73.5 Å². The van der Waals surface area contributed by atoms with Crippen LogP contribution in [0.2, 0.25) is 5.02 Å². The van der Waals surface area contributed by atoms with Crippen LogP contribution in [0.5, 0.6) is 0 Å². The average molecular weight is 323 g/mol. The number of hydrogen-bond donors (Lipinski definition) is 3. The average Bonchev–Trinajstić information content (AvgIpc) is 3.15. The van der Waals surface area contributed by atoms with Gasteiger partial charge in [-0.1, -0.05) is 11.6 Å². The van der Waals surface area contributed by atoms with Crippen molar-refractivity contribution in [3.63, 3.8) is 0 Å². The predicted molar refractivity (Wildman–Crippen MR) is 85.1 cm³/mol. The highest BCUT2D eigenvalue weighted by molar-refractivity contribution is 6.30. The van der Waals surface area contributed by atoms with Crippen LogP contribution in [0.3, 0.4) is 0 Å². The zero-order valence-electron chi connectivity index (χ0n) is 12.1. The summed E-state index contributed by atoms with van der Waals surface area (Å²) in [5.41, 5.74) is 1.16. The van der Waals surface area contributed by atoms with Gasteiger partial charge in [0.05, 0.1) is 0 Å². The number of hydrogen-bond acceptors (Lipinski definition) is 3. The quantitative estimate of drug-likeness (QED) is 0.773. The normalized spacial score (nSPS) is 24.0. The zero-order valence-corrected chi connectivity index (χ0v) is 12.9. The third kappa shape index (κ3) is 3.44. The molecule has 0 unspecified atom stereocenters. The fraction of sp³-hybridized carbons (Fsp3) is 0.467. The van der Waals surface area contributed by atoms with Crippen LogP contribution >= 0.6 is 11.6 Å². The van der Waals surface area contributed by atoms with Crippen molar-refractivity contribution in [3.05, 3.63) is 29.3 Å². The lowest BCUT2D eigenvalue weighted by atomic mass is 10.1. The Kier molecular flexibility index (Phi) is 4.38. The van der Waals surface area contributed by atoms with E-state index in [1.54, 1.807) is 0 Å². The summed E-state index contributed by atoms with van der Waals surface area (Å²) in [6.07, 6.45) is 1.04. The third-order valence-electron chi connectivity index (χ3n) is 4.13. The standard InChI is InChI=1S/C15H19ClN4O2/c16-11-1-3-12(4-2-11)20-6-5-10(9-20)7-17-14(21)13-8-18-15(22)19-13/h1-4,10,13H,5-9H2,(H,17,21)(H2,18,19,22)/t10-,13+/m1/s1. The molecule has 3 amide bonds. The number of rotatable bonds is 4. The molecule has 118 valence electrons. The monoisotopic (exact) mass is 322 g/mol. The minimum Gasteiger partial charge on any atom is -0.371 e. The molecular formula is C15H19ClN4O2. The number of amides is 3. The minimum atomic E-state index is -0.457.